The van der Waals surface area contributed by atoms with Gasteiger partial charge in [-0.25, -0.2) is 4.79 Å². The van der Waals surface area contributed by atoms with Gasteiger partial charge < -0.3 is 10.2 Å². The molecule has 0 radical (unpaired) electrons. The lowest BCUT2D eigenvalue weighted by atomic mass is 9.81. The molecule has 2 heterocycles. The van der Waals surface area contributed by atoms with Crippen LogP contribution in [-0.4, -0.2) is 47.3 Å². The molecular formula is C25H29N3O3. The number of hydrogen-bond donors (Lipinski definition) is 1. The number of benzene rings is 2. The largest absolute Gasteiger partial charge is 0.341 e. The molecule has 0 aromatic heterocycles. The van der Waals surface area contributed by atoms with Crippen molar-refractivity contribution in [1.82, 2.24) is 15.1 Å². The molecule has 31 heavy (non-hydrogen) atoms. The molecule has 6 heteroatoms. The Morgan fingerprint density at radius 1 is 1.06 bits per heavy atom. The summed E-state index contributed by atoms with van der Waals surface area (Å²) in [6.45, 7) is 7.22. The SMILES string of the molecule is Cc1ccc([C@@]2(c3ccccc3)NC(=O)N(CC(=O)N3CCC[C@H](C)C3)C2=O)cc1C. The van der Waals surface area contributed by atoms with Crippen molar-refractivity contribution in [3.05, 3.63) is 70.8 Å². The standard InChI is InChI=1S/C25H29N3O3/c1-17-8-7-13-27(15-17)22(29)16-28-23(30)25(26-24(28)31,20-9-5-4-6-10-20)21-12-11-18(2)19(3)14-21/h4-6,9-12,14,17H,7-8,13,15-16H2,1-3H3,(H,26,31)/t17-,25+/m0/s1. The first-order chi connectivity index (χ1) is 14.8. The first-order valence-corrected chi connectivity index (χ1v) is 10.9. The predicted octanol–water partition coefficient (Wildman–Crippen LogP) is 3.36. The van der Waals surface area contributed by atoms with Crippen LogP contribution in [0.2, 0.25) is 0 Å². The van der Waals surface area contributed by atoms with E-state index in [4.69, 9.17) is 0 Å². The molecule has 1 N–H and O–H groups in total. The Balaban J connectivity index is 1.70. The van der Waals surface area contributed by atoms with Gasteiger partial charge in [-0.3, -0.25) is 14.5 Å². The van der Waals surface area contributed by atoms with Crippen molar-refractivity contribution < 1.29 is 14.4 Å². The van der Waals surface area contributed by atoms with Gasteiger partial charge in [0.1, 0.15) is 6.54 Å². The summed E-state index contributed by atoms with van der Waals surface area (Å²) in [4.78, 5) is 42.6. The Kier molecular flexibility index (Phi) is 5.56. The van der Waals surface area contributed by atoms with Crippen molar-refractivity contribution >= 4 is 17.8 Å². The van der Waals surface area contributed by atoms with E-state index >= 15 is 0 Å². The number of imide groups is 1. The highest BCUT2D eigenvalue weighted by Crippen LogP contribution is 2.37. The van der Waals surface area contributed by atoms with Gasteiger partial charge in [0.05, 0.1) is 0 Å². The zero-order valence-corrected chi connectivity index (χ0v) is 18.4. The first kappa shape index (κ1) is 21.1. The zero-order chi connectivity index (χ0) is 22.2. The maximum atomic E-state index is 13.8. The summed E-state index contributed by atoms with van der Waals surface area (Å²) in [6.07, 6.45) is 2.04. The molecule has 0 saturated carbocycles. The fourth-order valence-corrected chi connectivity index (χ4v) is 4.59. The third kappa shape index (κ3) is 3.71. The van der Waals surface area contributed by atoms with Gasteiger partial charge in [-0.2, -0.15) is 0 Å². The number of likely N-dealkylation sites (tertiary alicyclic amines) is 1. The summed E-state index contributed by atoms with van der Waals surface area (Å²) in [5, 5.41) is 2.93. The van der Waals surface area contributed by atoms with Crippen molar-refractivity contribution in [1.29, 1.82) is 0 Å². The second-order valence-corrected chi connectivity index (χ2v) is 8.82. The fourth-order valence-electron chi connectivity index (χ4n) is 4.59. The third-order valence-electron chi connectivity index (χ3n) is 6.56. The smallest absolute Gasteiger partial charge is 0.326 e. The molecule has 2 aromatic rings. The van der Waals surface area contributed by atoms with Gasteiger partial charge in [-0.1, -0.05) is 55.5 Å². The number of carbonyl (C=O) groups is 3. The molecule has 2 fully saturated rings. The lowest BCUT2D eigenvalue weighted by Gasteiger charge is -2.32. The molecule has 2 aliphatic rings. The second kappa shape index (κ2) is 8.17. The van der Waals surface area contributed by atoms with Crippen LogP contribution in [0.3, 0.4) is 0 Å². The predicted molar refractivity (Wildman–Crippen MR) is 118 cm³/mol. The van der Waals surface area contributed by atoms with Crippen LogP contribution in [0.4, 0.5) is 4.79 Å². The number of nitrogens with one attached hydrogen (secondary N) is 1. The maximum Gasteiger partial charge on any atom is 0.326 e. The van der Waals surface area contributed by atoms with Gasteiger partial charge >= 0.3 is 6.03 Å². The van der Waals surface area contributed by atoms with Crippen LogP contribution in [0, 0.1) is 19.8 Å². The monoisotopic (exact) mass is 419 g/mol. The van der Waals surface area contributed by atoms with E-state index in [1.165, 1.54) is 0 Å². The minimum Gasteiger partial charge on any atom is -0.341 e. The van der Waals surface area contributed by atoms with E-state index in [2.05, 4.69) is 12.2 Å². The molecule has 162 valence electrons. The molecule has 4 rings (SSSR count). The topological polar surface area (TPSA) is 69.7 Å². The Hall–Kier alpha value is -3.15. The van der Waals surface area contributed by atoms with Gasteiger partial charge in [0, 0.05) is 13.1 Å². The summed E-state index contributed by atoms with van der Waals surface area (Å²) in [6, 6.07) is 14.5. The highest BCUT2D eigenvalue weighted by molar-refractivity contribution is 6.11. The van der Waals surface area contributed by atoms with Crippen LogP contribution >= 0.6 is 0 Å². The summed E-state index contributed by atoms with van der Waals surface area (Å²) in [5.41, 5.74) is 2.17. The van der Waals surface area contributed by atoms with Gasteiger partial charge in [0.25, 0.3) is 5.91 Å². The number of aryl methyl sites for hydroxylation is 2. The van der Waals surface area contributed by atoms with Crippen LogP contribution in [0.15, 0.2) is 48.5 Å². The minimum atomic E-state index is -1.34. The maximum absolute atomic E-state index is 13.8. The molecular weight excluding hydrogens is 390 g/mol. The van der Waals surface area contributed by atoms with E-state index in [1.807, 2.05) is 62.4 Å². The first-order valence-electron chi connectivity index (χ1n) is 10.9. The molecule has 0 spiro atoms. The molecule has 2 saturated heterocycles. The molecule has 2 aliphatic heterocycles. The Morgan fingerprint density at radius 3 is 2.48 bits per heavy atom. The molecule has 0 unspecified atom stereocenters. The van der Waals surface area contributed by atoms with E-state index in [0.29, 0.717) is 30.1 Å². The lowest BCUT2D eigenvalue weighted by molar-refractivity contribution is -0.139. The molecule has 0 aliphatic carbocycles. The lowest BCUT2D eigenvalue weighted by Crippen LogP contribution is -2.48. The van der Waals surface area contributed by atoms with Gasteiger partial charge in [0.15, 0.2) is 5.54 Å². The van der Waals surface area contributed by atoms with E-state index < -0.39 is 17.5 Å². The van der Waals surface area contributed by atoms with Crippen LogP contribution in [-0.2, 0) is 15.1 Å². The number of carbonyl (C=O) groups excluding carboxylic acids is 3. The van der Waals surface area contributed by atoms with E-state index in [0.717, 1.165) is 28.9 Å². The molecule has 2 atom stereocenters. The number of rotatable bonds is 4. The number of hydrogen-bond acceptors (Lipinski definition) is 3. The minimum absolute atomic E-state index is 0.181. The highest BCUT2D eigenvalue weighted by atomic mass is 16.2. The zero-order valence-electron chi connectivity index (χ0n) is 18.4. The quantitative estimate of drug-likeness (QED) is 0.773. The fraction of sp³-hybridized carbons (Fsp3) is 0.400. The van der Waals surface area contributed by atoms with Gasteiger partial charge in [-0.15, -0.1) is 0 Å². The Labute approximate surface area is 183 Å². The van der Waals surface area contributed by atoms with E-state index in [9.17, 15) is 14.4 Å². The number of nitrogens with zero attached hydrogens (tertiary/aromatic N) is 2. The normalized spacial score (nSPS) is 23.8. The van der Waals surface area contributed by atoms with Crippen LogP contribution in [0.5, 0.6) is 0 Å². The van der Waals surface area contributed by atoms with E-state index in [-0.39, 0.29) is 12.5 Å². The van der Waals surface area contributed by atoms with Crippen LogP contribution in [0.1, 0.15) is 42.0 Å². The summed E-state index contributed by atoms with van der Waals surface area (Å²) >= 11 is 0. The molecule has 6 nitrogen and oxygen atoms in total. The second-order valence-electron chi connectivity index (χ2n) is 8.82. The molecule has 2 aromatic carbocycles. The van der Waals surface area contributed by atoms with Gasteiger partial charge in [-0.05, 0) is 54.9 Å². The summed E-state index contributed by atoms with van der Waals surface area (Å²) in [5.74, 6) is -0.163. The third-order valence-corrected chi connectivity index (χ3v) is 6.56. The van der Waals surface area contributed by atoms with Crippen molar-refractivity contribution in [3.63, 3.8) is 0 Å². The van der Waals surface area contributed by atoms with Gasteiger partial charge in [0.2, 0.25) is 5.91 Å². The molecule has 0 bridgehead atoms. The average molecular weight is 420 g/mol. The van der Waals surface area contributed by atoms with E-state index in [1.54, 1.807) is 4.90 Å². The van der Waals surface area contributed by atoms with Crippen molar-refractivity contribution in [2.45, 2.75) is 39.2 Å². The Bertz CT molecular complexity index is 1020. The van der Waals surface area contributed by atoms with Crippen molar-refractivity contribution in [2.24, 2.45) is 5.92 Å². The number of piperidine rings is 1. The highest BCUT2D eigenvalue weighted by Gasteiger charge is 2.54. The summed E-state index contributed by atoms with van der Waals surface area (Å²) < 4.78 is 0. The number of amides is 4. The number of urea groups is 1. The molecule has 4 amide bonds. The van der Waals surface area contributed by atoms with Crippen molar-refractivity contribution in [2.75, 3.05) is 19.6 Å². The van der Waals surface area contributed by atoms with Crippen LogP contribution in [0.25, 0.3) is 0 Å². The van der Waals surface area contributed by atoms with Crippen LogP contribution < -0.4 is 5.32 Å². The average Bonchev–Trinajstić information content (AvgIpc) is 3.02. The van der Waals surface area contributed by atoms with Crippen molar-refractivity contribution in [3.8, 4) is 0 Å². The Morgan fingerprint density at radius 2 is 1.81 bits per heavy atom. The summed E-state index contributed by atoms with van der Waals surface area (Å²) in [7, 11) is 0.